The summed E-state index contributed by atoms with van der Waals surface area (Å²) in [5.41, 5.74) is 1.00. The third-order valence-electron chi connectivity index (χ3n) is 2.71. The molecule has 93 valence electrons. The summed E-state index contributed by atoms with van der Waals surface area (Å²) in [6.45, 7) is 1.89. The molecule has 2 aromatic carbocycles. The summed E-state index contributed by atoms with van der Waals surface area (Å²) in [7, 11) is 0. The number of rotatable bonds is 4. The van der Waals surface area contributed by atoms with E-state index in [1.54, 1.807) is 12.1 Å². The zero-order chi connectivity index (χ0) is 13.0. The summed E-state index contributed by atoms with van der Waals surface area (Å²) in [6.07, 6.45) is 1.91. The van der Waals surface area contributed by atoms with Crippen molar-refractivity contribution in [2.24, 2.45) is 0 Å². The van der Waals surface area contributed by atoms with Crippen LogP contribution in [0.5, 0.6) is 0 Å². The smallest absolute Gasteiger partial charge is 0.153 e. The van der Waals surface area contributed by atoms with Gasteiger partial charge in [-0.3, -0.25) is 0 Å². The molecule has 0 N–H and O–H groups in total. The minimum Gasteiger partial charge on any atom is -0.611 e. The maximum atomic E-state index is 12.8. The van der Waals surface area contributed by atoms with Gasteiger partial charge in [-0.05, 0) is 35.4 Å². The Bertz CT molecular complexity index is 484. The van der Waals surface area contributed by atoms with Gasteiger partial charge >= 0.3 is 0 Å². The van der Waals surface area contributed by atoms with Gasteiger partial charge in [0.2, 0.25) is 0 Å². The number of hydrogen-bond donors (Lipinski definition) is 0. The van der Waals surface area contributed by atoms with E-state index < -0.39 is 11.2 Å². The summed E-state index contributed by atoms with van der Waals surface area (Å²) in [5, 5.41) is -0.170. The summed E-state index contributed by atoms with van der Waals surface area (Å²) in [4.78, 5) is 0.642. The standard InChI is InChI=1S/C15H14FOS/c1-2-15(12-6-4-3-5-7-12)18(17)14-10-8-13(16)9-11-14/h2-11,15H,1H3/t15-,18+/m1/s1. The maximum absolute atomic E-state index is 12.8. The molecular formula is C15H14FOS. The minimum atomic E-state index is -1.20. The molecule has 0 aromatic heterocycles. The van der Waals surface area contributed by atoms with Gasteiger partial charge in [0, 0.05) is 12.0 Å². The fourth-order valence-electron chi connectivity index (χ4n) is 1.80. The largest absolute Gasteiger partial charge is 0.611 e. The van der Waals surface area contributed by atoms with Crippen LogP contribution in [0.15, 0.2) is 59.5 Å². The minimum absolute atomic E-state index is 0.170. The predicted octanol–water partition coefficient (Wildman–Crippen LogP) is 3.90. The Morgan fingerprint density at radius 3 is 2.22 bits per heavy atom. The van der Waals surface area contributed by atoms with E-state index >= 15 is 0 Å². The van der Waals surface area contributed by atoms with E-state index in [1.807, 2.05) is 43.7 Å². The highest BCUT2D eigenvalue weighted by Gasteiger charge is 2.24. The van der Waals surface area contributed by atoms with Crippen molar-refractivity contribution in [3.05, 3.63) is 72.4 Å². The molecule has 0 saturated carbocycles. The number of benzene rings is 2. The molecule has 0 aliphatic carbocycles. The van der Waals surface area contributed by atoms with Gasteiger partial charge < -0.3 is 4.55 Å². The van der Waals surface area contributed by atoms with Crippen molar-refractivity contribution in [1.82, 2.24) is 0 Å². The van der Waals surface area contributed by atoms with Crippen LogP contribution in [-0.4, -0.2) is 4.55 Å². The maximum Gasteiger partial charge on any atom is 0.153 e. The van der Waals surface area contributed by atoms with Crippen LogP contribution in [0, 0.1) is 12.2 Å². The molecule has 1 radical (unpaired) electrons. The molecule has 0 spiro atoms. The Labute approximate surface area is 110 Å². The lowest BCUT2D eigenvalue weighted by Gasteiger charge is -2.20. The fourth-order valence-corrected chi connectivity index (χ4v) is 3.15. The quantitative estimate of drug-likeness (QED) is 0.765. The molecule has 0 fully saturated rings. The lowest BCUT2D eigenvalue weighted by Crippen LogP contribution is -2.13. The molecular weight excluding hydrogens is 247 g/mol. The van der Waals surface area contributed by atoms with Crippen molar-refractivity contribution in [3.63, 3.8) is 0 Å². The van der Waals surface area contributed by atoms with Crippen LogP contribution >= 0.6 is 0 Å². The normalized spacial score (nSPS) is 14.2. The van der Waals surface area contributed by atoms with Gasteiger partial charge in [0.25, 0.3) is 0 Å². The second-order valence-electron chi connectivity index (χ2n) is 3.92. The Morgan fingerprint density at radius 1 is 1.06 bits per heavy atom. The SMILES string of the molecule is C[CH][C@H](c1ccccc1)[S@@+]([O-])c1ccc(F)cc1. The predicted molar refractivity (Wildman–Crippen MR) is 72.0 cm³/mol. The zero-order valence-corrected chi connectivity index (χ0v) is 10.9. The van der Waals surface area contributed by atoms with Crippen molar-refractivity contribution in [3.8, 4) is 0 Å². The summed E-state index contributed by atoms with van der Waals surface area (Å²) in [6, 6.07) is 15.5. The molecule has 2 rings (SSSR count). The van der Waals surface area contributed by atoms with E-state index in [9.17, 15) is 8.94 Å². The second-order valence-corrected chi connectivity index (χ2v) is 5.49. The third kappa shape index (κ3) is 2.92. The van der Waals surface area contributed by atoms with Crippen molar-refractivity contribution in [2.75, 3.05) is 0 Å². The number of hydrogen-bond acceptors (Lipinski definition) is 1. The van der Waals surface area contributed by atoms with E-state index in [-0.39, 0.29) is 11.1 Å². The van der Waals surface area contributed by atoms with Gasteiger partial charge in [0.1, 0.15) is 11.1 Å². The van der Waals surface area contributed by atoms with Gasteiger partial charge in [0.05, 0.1) is 0 Å². The average Bonchev–Trinajstić information content (AvgIpc) is 2.41. The Morgan fingerprint density at radius 2 is 1.67 bits per heavy atom. The Hall–Kier alpha value is -1.32. The number of halogens is 1. The highest BCUT2D eigenvalue weighted by Crippen LogP contribution is 2.30. The molecule has 0 unspecified atom stereocenters. The first-order chi connectivity index (χ1) is 8.72. The van der Waals surface area contributed by atoms with E-state index in [0.717, 1.165) is 5.56 Å². The van der Waals surface area contributed by atoms with E-state index in [2.05, 4.69) is 0 Å². The summed E-state index contributed by atoms with van der Waals surface area (Å²) in [5.74, 6) is -0.313. The van der Waals surface area contributed by atoms with E-state index in [4.69, 9.17) is 0 Å². The molecule has 2 atom stereocenters. The molecule has 2 aromatic rings. The van der Waals surface area contributed by atoms with Crippen molar-refractivity contribution in [1.29, 1.82) is 0 Å². The first-order valence-corrected chi connectivity index (χ1v) is 6.94. The van der Waals surface area contributed by atoms with Gasteiger partial charge in [-0.2, -0.15) is 0 Å². The lowest BCUT2D eigenvalue weighted by molar-refractivity contribution is 0.585. The molecule has 1 nitrogen and oxygen atoms in total. The molecule has 18 heavy (non-hydrogen) atoms. The Kier molecular flexibility index (Phi) is 4.39. The fraction of sp³-hybridized carbons (Fsp3) is 0.133. The highest BCUT2D eigenvalue weighted by atomic mass is 32.2. The topological polar surface area (TPSA) is 23.1 Å². The van der Waals surface area contributed by atoms with Crippen LogP contribution in [0.3, 0.4) is 0 Å². The van der Waals surface area contributed by atoms with Crippen LogP contribution < -0.4 is 0 Å². The monoisotopic (exact) mass is 261 g/mol. The van der Waals surface area contributed by atoms with Crippen LogP contribution in [0.25, 0.3) is 0 Å². The van der Waals surface area contributed by atoms with Crippen molar-refractivity contribution < 1.29 is 8.94 Å². The van der Waals surface area contributed by atoms with Crippen molar-refractivity contribution in [2.45, 2.75) is 17.1 Å². The molecule has 0 bridgehead atoms. The van der Waals surface area contributed by atoms with E-state index in [0.29, 0.717) is 4.90 Å². The van der Waals surface area contributed by atoms with Gasteiger partial charge in [-0.25, -0.2) is 4.39 Å². The lowest BCUT2D eigenvalue weighted by atomic mass is 10.1. The van der Waals surface area contributed by atoms with E-state index in [1.165, 1.54) is 12.1 Å². The van der Waals surface area contributed by atoms with Crippen LogP contribution in [-0.2, 0) is 11.2 Å². The summed E-state index contributed by atoms with van der Waals surface area (Å²) >= 11 is -1.20. The van der Waals surface area contributed by atoms with Crippen LogP contribution in [0.1, 0.15) is 17.7 Å². The molecule has 3 heteroatoms. The molecule has 0 heterocycles. The van der Waals surface area contributed by atoms with Gasteiger partial charge in [0.15, 0.2) is 4.90 Å². The molecule has 0 saturated heterocycles. The average molecular weight is 261 g/mol. The molecule has 0 aliphatic heterocycles. The van der Waals surface area contributed by atoms with Crippen molar-refractivity contribution >= 4 is 11.2 Å². The van der Waals surface area contributed by atoms with Crippen LogP contribution in [0.4, 0.5) is 4.39 Å². The first-order valence-electron chi connectivity index (χ1n) is 5.73. The molecule has 0 aliphatic rings. The molecule has 0 amide bonds. The zero-order valence-electron chi connectivity index (χ0n) is 10.0. The third-order valence-corrected chi connectivity index (χ3v) is 4.45. The van der Waals surface area contributed by atoms with Gasteiger partial charge in [-0.15, -0.1) is 0 Å². The Balaban J connectivity index is 2.25. The first kappa shape index (κ1) is 13.1. The second kappa shape index (κ2) is 6.03. The highest BCUT2D eigenvalue weighted by molar-refractivity contribution is 7.91. The van der Waals surface area contributed by atoms with Crippen LogP contribution in [0.2, 0.25) is 0 Å². The van der Waals surface area contributed by atoms with Gasteiger partial charge in [-0.1, -0.05) is 37.3 Å². The summed E-state index contributed by atoms with van der Waals surface area (Å²) < 4.78 is 25.3.